The lowest BCUT2D eigenvalue weighted by Gasteiger charge is -2.13. The molecule has 154 valence electrons. The van der Waals surface area contributed by atoms with Crippen molar-refractivity contribution in [1.29, 1.82) is 0 Å². The van der Waals surface area contributed by atoms with Gasteiger partial charge in [0.25, 0.3) is 10.0 Å². The third kappa shape index (κ3) is 4.56. The Labute approximate surface area is 178 Å². The summed E-state index contributed by atoms with van der Waals surface area (Å²) in [5.74, 6) is 0.654. The highest BCUT2D eigenvalue weighted by Gasteiger charge is 2.24. The minimum Gasteiger partial charge on any atom is -0.497 e. The molecule has 0 saturated carbocycles. The van der Waals surface area contributed by atoms with E-state index in [4.69, 9.17) is 9.47 Å². The number of methoxy groups -OCH3 is 2. The Kier molecular flexibility index (Phi) is 6.18. The average Bonchev–Trinajstić information content (AvgIpc) is 2.96. The van der Waals surface area contributed by atoms with Gasteiger partial charge < -0.3 is 9.47 Å². The monoisotopic (exact) mass is 479 g/mol. The van der Waals surface area contributed by atoms with Gasteiger partial charge in [0, 0.05) is 10.5 Å². The number of hydrogen-bond acceptors (Lipinski definition) is 5. The van der Waals surface area contributed by atoms with E-state index in [1.54, 1.807) is 23.7 Å². The predicted molar refractivity (Wildman–Crippen MR) is 115 cm³/mol. The van der Waals surface area contributed by atoms with E-state index in [0.29, 0.717) is 23.7 Å². The molecule has 2 aromatic carbocycles. The van der Waals surface area contributed by atoms with Crippen molar-refractivity contribution in [2.75, 3.05) is 18.9 Å². The van der Waals surface area contributed by atoms with Crippen LogP contribution in [0.4, 0.5) is 5.69 Å². The molecule has 0 aliphatic rings. The van der Waals surface area contributed by atoms with Crippen LogP contribution < -0.4 is 14.2 Å². The third-order valence-corrected chi connectivity index (χ3v) is 6.42. The summed E-state index contributed by atoms with van der Waals surface area (Å²) in [7, 11) is -1.01. The van der Waals surface area contributed by atoms with Crippen LogP contribution in [0.15, 0.2) is 51.8 Å². The Morgan fingerprint density at radius 3 is 2.38 bits per heavy atom. The second kappa shape index (κ2) is 8.46. The highest BCUT2D eigenvalue weighted by Crippen LogP contribution is 2.31. The van der Waals surface area contributed by atoms with Crippen LogP contribution in [0.5, 0.6) is 11.5 Å². The molecule has 0 radical (unpaired) electrons. The van der Waals surface area contributed by atoms with Gasteiger partial charge in [0.2, 0.25) is 0 Å². The molecule has 1 aromatic heterocycles. The van der Waals surface area contributed by atoms with Crippen molar-refractivity contribution >= 4 is 31.6 Å². The standard InChI is InChI=1S/C20H22BrN3O4S/c1-13-20(14(2)24(22-13)12-15-5-7-16(21)8-6-15)23-29(25,26)19-11-17(27-3)9-10-18(19)28-4/h5-11,23H,12H2,1-4H3. The molecule has 0 amide bonds. The minimum absolute atomic E-state index is 0.00110. The molecule has 0 saturated heterocycles. The van der Waals surface area contributed by atoms with E-state index in [2.05, 4.69) is 25.8 Å². The van der Waals surface area contributed by atoms with Crippen LogP contribution in [0.2, 0.25) is 0 Å². The second-order valence-corrected chi connectivity index (χ2v) is 9.02. The molecule has 29 heavy (non-hydrogen) atoms. The van der Waals surface area contributed by atoms with E-state index in [-0.39, 0.29) is 10.6 Å². The van der Waals surface area contributed by atoms with Gasteiger partial charge in [-0.1, -0.05) is 28.1 Å². The lowest BCUT2D eigenvalue weighted by atomic mass is 10.2. The van der Waals surface area contributed by atoms with Crippen molar-refractivity contribution in [1.82, 2.24) is 9.78 Å². The molecule has 3 rings (SSSR count). The van der Waals surface area contributed by atoms with Gasteiger partial charge >= 0.3 is 0 Å². The van der Waals surface area contributed by atoms with Crippen LogP contribution in [-0.4, -0.2) is 32.4 Å². The fraction of sp³-hybridized carbons (Fsp3) is 0.250. The van der Waals surface area contributed by atoms with Gasteiger partial charge in [-0.05, 0) is 43.7 Å². The number of nitrogens with one attached hydrogen (secondary N) is 1. The first-order chi connectivity index (χ1) is 13.7. The Morgan fingerprint density at radius 2 is 1.76 bits per heavy atom. The first-order valence-corrected chi connectivity index (χ1v) is 11.1. The zero-order valence-corrected chi connectivity index (χ0v) is 19.0. The number of anilines is 1. The van der Waals surface area contributed by atoms with Crippen molar-refractivity contribution in [2.24, 2.45) is 0 Å². The molecule has 0 fully saturated rings. The van der Waals surface area contributed by atoms with Crippen molar-refractivity contribution in [3.63, 3.8) is 0 Å². The number of sulfonamides is 1. The van der Waals surface area contributed by atoms with Crippen LogP contribution in [0.3, 0.4) is 0 Å². The summed E-state index contributed by atoms with van der Waals surface area (Å²) in [5, 5.41) is 4.50. The summed E-state index contributed by atoms with van der Waals surface area (Å²) in [5.41, 5.74) is 2.82. The second-order valence-electron chi connectivity index (χ2n) is 6.45. The lowest BCUT2D eigenvalue weighted by molar-refractivity contribution is 0.392. The minimum atomic E-state index is -3.91. The summed E-state index contributed by atoms with van der Waals surface area (Å²) in [6.45, 7) is 4.13. The molecule has 1 heterocycles. The molecule has 0 spiro atoms. The third-order valence-electron chi connectivity index (χ3n) is 4.52. The van der Waals surface area contributed by atoms with Crippen molar-refractivity contribution in [2.45, 2.75) is 25.3 Å². The Bertz CT molecular complexity index is 1130. The smallest absolute Gasteiger partial charge is 0.265 e. The molecule has 0 atom stereocenters. The van der Waals surface area contributed by atoms with Crippen LogP contribution in [0, 0.1) is 13.8 Å². The maximum Gasteiger partial charge on any atom is 0.265 e. The summed E-state index contributed by atoms with van der Waals surface area (Å²) in [6, 6.07) is 12.5. The fourth-order valence-electron chi connectivity index (χ4n) is 2.94. The maximum absolute atomic E-state index is 13.1. The molecule has 0 aliphatic heterocycles. The molecular formula is C20H22BrN3O4S. The van der Waals surface area contributed by atoms with E-state index in [1.807, 2.05) is 31.2 Å². The Morgan fingerprint density at radius 1 is 1.07 bits per heavy atom. The van der Waals surface area contributed by atoms with E-state index in [0.717, 1.165) is 15.7 Å². The molecule has 0 aliphatic carbocycles. The lowest BCUT2D eigenvalue weighted by Crippen LogP contribution is -2.15. The summed E-state index contributed by atoms with van der Waals surface area (Å²) in [6.07, 6.45) is 0. The van der Waals surface area contributed by atoms with Gasteiger partial charge in [-0.2, -0.15) is 5.10 Å². The molecule has 0 unspecified atom stereocenters. The van der Waals surface area contributed by atoms with Crippen LogP contribution >= 0.6 is 15.9 Å². The van der Waals surface area contributed by atoms with E-state index in [1.165, 1.54) is 20.3 Å². The number of ether oxygens (including phenoxy) is 2. The molecule has 9 heteroatoms. The highest BCUT2D eigenvalue weighted by molar-refractivity contribution is 9.10. The summed E-state index contributed by atoms with van der Waals surface area (Å²) in [4.78, 5) is -0.00110. The van der Waals surface area contributed by atoms with Gasteiger partial charge in [0.1, 0.15) is 16.4 Å². The first-order valence-electron chi connectivity index (χ1n) is 8.78. The fourth-order valence-corrected chi connectivity index (χ4v) is 4.57. The number of aromatic nitrogens is 2. The Hall–Kier alpha value is -2.52. The number of halogens is 1. The molecule has 7 nitrogen and oxygen atoms in total. The highest BCUT2D eigenvalue weighted by atomic mass is 79.9. The van der Waals surface area contributed by atoms with Gasteiger partial charge in [0.15, 0.2) is 0 Å². The number of aryl methyl sites for hydroxylation is 1. The number of rotatable bonds is 7. The van der Waals surface area contributed by atoms with Gasteiger partial charge in [0.05, 0.1) is 37.8 Å². The van der Waals surface area contributed by atoms with Crippen LogP contribution in [-0.2, 0) is 16.6 Å². The zero-order valence-electron chi connectivity index (χ0n) is 16.6. The van der Waals surface area contributed by atoms with Gasteiger partial charge in [-0.15, -0.1) is 0 Å². The summed E-state index contributed by atoms with van der Waals surface area (Å²) >= 11 is 3.42. The van der Waals surface area contributed by atoms with Gasteiger partial charge in [-0.3, -0.25) is 9.40 Å². The zero-order chi connectivity index (χ0) is 21.2. The Balaban J connectivity index is 1.94. The quantitative estimate of drug-likeness (QED) is 0.550. The topological polar surface area (TPSA) is 82.4 Å². The predicted octanol–water partition coefficient (Wildman–Crippen LogP) is 4.13. The molecule has 0 bridgehead atoms. The SMILES string of the molecule is COc1ccc(OC)c(S(=O)(=O)Nc2c(C)nn(Cc3ccc(Br)cc3)c2C)c1. The van der Waals surface area contributed by atoms with Crippen LogP contribution in [0.1, 0.15) is 17.0 Å². The molecule has 3 aromatic rings. The van der Waals surface area contributed by atoms with Crippen molar-refractivity contribution in [3.8, 4) is 11.5 Å². The van der Waals surface area contributed by atoms with Crippen molar-refractivity contribution < 1.29 is 17.9 Å². The summed E-state index contributed by atoms with van der Waals surface area (Å²) < 4.78 is 42.0. The van der Waals surface area contributed by atoms with E-state index in [9.17, 15) is 8.42 Å². The molecular weight excluding hydrogens is 458 g/mol. The number of benzene rings is 2. The van der Waals surface area contributed by atoms with E-state index < -0.39 is 10.0 Å². The van der Waals surface area contributed by atoms with Gasteiger partial charge in [-0.25, -0.2) is 8.42 Å². The normalized spacial score (nSPS) is 11.3. The number of hydrogen-bond donors (Lipinski definition) is 1. The van der Waals surface area contributed by atoms with Crippen LogP contribution in [0.25, 0.3) is 0 Å². The largest absolute Gasteiger partial charge is 0.497 e. The maximum atomic E-state index is 13.1. The van der Waals surface area contributed by atoms with Crippen molar-refractivity contribution in [3.05, 3.63) is 63.9 Å². The average molecular weight is 480 g/mol. The van der Waals surface area contributed by atoms with E-state index >= 15 is 0 Å². The molecule has 1 N–H and O–H groups in total. The number of nitrogens with zero attached hydrogens (tertiary/aromatic N) is 2. The first kappa shape index (κ1) is 21.2.